The lowest BCUT2D eigenvalue weighted by Gasteiger charge is -2.32. The van der Waals surface area contributed by atoms with Crippen LogP contribution >= 0.6 is 0 Å². The average Bonchev–Trinajstić information content (AvgIpc) is 2.72. The first kappa shape index (κ1) is 18.4. The van der Waals surface area contributed by atoms with Gasteiger partial charge in [-0.25, -0.2) is 18.7 Å². The highest BCUT2D eigenvalue weighted by atomic mass is 19.1. The maximum absolute atomic E-state index is 14.5. The van der Waals surface area contributed by atoms with Crippen LogP contribution in [0.25, 0.3) is 22.0 Å². The Morgan fingerprint density at radius 1 is 1.14 bits per heavy atom. The van der Waals surface area contributed by atoms with Crippen LogP contribution in [0.4, 0.5) is 14.6 Å². The molecule has 144 valence electrons. The third kappa shape index (κ3) is 3.33. The van der Waals surface area contributed by atoms with Gasteiger partial charge >= 0.3 is 0 Å². The minimum atomic E-state index is -0.650. The molecule has 0 saturated carbocycles. The molecule has 3 aromatic rings. The molecule has 0 radical (unpaired) electrons. The molecule has 28 heavy (non-hydrogen) atoms. The minimum Gasteiger partial charge on any atom is -0.356 e. The van der Waals surface area contributed by atoms with E-state index in [0.29, 0.717) is 46.6 Å². The molecule has 0 spiro atoms. The largest absolute Gasteiger partial charge is 0.356 e. The van der Waals surface area contributed by atoms with E-state index < -0.39 is 11.6 Å². The fraction of sp³-hybridized carbons (Fsp3) is 0.286. The summed E-state index contributed by atoms with van der Waals surface area (Å²) in [7, 11) is 0. The highest BCUT2D eigenvalue weighted by Gasteiger charge is 2.22. The fourth-order valence-corrected chi connectivity index (χ4v) is 3.76. The molecule has 2 aromatic carbocycles. The summed E-state index contributed by atoms with van der Waals surface area (Å²) < 4.78 is 28.6. The summed E-state index contributed by atoms with van der Waals surface area (Å²) in [5.41, 5.74) is 7.20. The third-order valence-electron chi connectivity index (χ3n) is 5.37. The Morgan fingerprint density at radius 3 is 2.61 bits per heavy atom. The van der Waals surface area contributed by atoms with Crippen LogP contribution in [-0.2, 0) is 0 Å². The summed E-state index contributed by atoms with van der Waals surface area (Å²) in [4.78, 5) is 21.7. The van der Waals surface area contributed by atoms with Crippen molar-refractivity contribution in [3.8, 4) is 11.1 Å². The molecule has 1 fully saturated rings. The molecule has 0 unspecified atom stereocenters. The smallest absolute Gasteiger partial charge is 0.152 e. The van der Waals surface area contributed by atoms with Gasteiger partial charge in [-0.2, -0.15) is 0 Å². The number of halogens is 2. The number of anilines is 1. The molecular weight excluding hydrogens is 362 g/mol. The van der Waals surface area contributed by atoms with Gasteiger partial charge in [-0.05, 0) is 55.1 Å². The van der Waals surface area contributed by atoms with Crippen LogP contribution in [0.1, 0.15) is 23.2 Å². The molecule has 1 aliphatic heterocycles. The van der Waals surface area contributed by atoms with Crippen molar-refractivity contribution >= 4 is 23.0 Å². The summed E-state index contributed by atoms with van der Waals surface area (Å²) in [6.07, 6.45) is 3.82. The number of benzene rings is 2. The van der Waals surface area contributed by atoms with Crippen molar-refractivity contribution in [2.24, 2.45) is 11.7 Å². The average molecular weight is 382 g/mol. The van der Waals surface area contributed by atoms with Gasteiger partial charge in [0.15, 0.2) is 6.29 Å². The van der Waals surface area contributed by atoms with Crippen LogP contribution in [0, 0.1) is 17.6 Å². The lowest BCUT2D eigenvalue weighted by atomic mass is 9.96. The number of hydrogen-bond donors (Lipinski definition) is 1. The molecule has 5 nitrogen and oxygen atoms in total. The Balaban J connectivity index is 1.82. The van der Waals surface area contributed by atoms with E-state index in [2.05, 4.69) is 14.9 Å². The highest BCUT2D eigenvalue weighted by molar-refractivity contribution is 5.99. The van der Waals surface area contributed by atoms with Crippen LogP contribution < -0.4 is 10.6 Å². The maximum Gasteiger partial charge on any atom is 0.152 e. The fourth-order valence-electron chi connectivity index (χ4n) is 3.76. The van der Waals surface area contributed by atoms with Crippen molar-refractivity contribution in [1.29, 1.82) is 0 Å². The van der Waals surface area contributed by atoms with Crippen molar-refractivity contribution in [1.82, 2.24) is 9.97 Å². The number of fused-ring (bicyclic) bond motifs is 1. The Hall–Kier alpha value is -2.93. The lowest BCUT2D eigenvalue weighted by molar-refractivity contribution is 0.112. The minimum absolute atomic E-state index is 0.0393. The molecule has 2 heterocycles. The Morgan fingerprint density at radius 2 is 1.93 bits per heavy atom. The zero-order valence-electron chi connectivity index (χ0n) is 15.2. The second kappa shape index (κ2) is 7.59. The van der Waals surface area contributed by atoms with E-state index in [1.165, 1.54) is 30.6 Å². The predicted octanol–water partition coefficient (Wildman–Crippen LogP) is 3.56. The van der Waals surface area contributed by atoms with Gasteiger partial charge in [0, 0.05) is 24.0 Å². The third-order valence-corrected chi connectivity index (χ3v) is 5.37. The second-order valence-corrected chi connectivity index (χ2v) is 7.07. The second-order valence-electron chi connectivity index (χ2n) is 7.07. The van der Waals surface area contributed by atoms with Crippen LogP contribution in [-0.4, -0.2) is 35.9 Å². The van der Waals surface area contributed by atoms with E-state index in [9.17, 15) is 13.6 Å². The summed E-state index contributed by atoms with van der Waals surface area (Å²) in [6.45, 7) is 2.25. The van der Waals surface area contributed by atoms with E-state index in [4.69, 9.17) is 5.73 Å². The van der Waals surface area contributed by atoms with Crippen molar-refractivity contribution in [2.45, 2.75) is 12.8 Å². The van der Waals surface area contributed by atoms with E-state index in [1.54, 1.807) is 6.07 Å². The molecule has 0 atom stereocenters. The van der Waals surface area contributed by atoms with Gasteiger partial charge in [-0.3, -0.25) is 4.79 Å². The first-order valence-electron chi connectivity index (χ1n) is 9.25. The zero-order valence-corrected chi connectivity index (χ0v) is 15.2. The topological polar surface area (TPSA) is 72.1 Å². The molecule has 1 saturated heterocycles. The lowest BCUT2D eigenvalue weighted by Crippen LogP contribution is -2.36. The molecule has 7 heteroatoms. The summed E-state index contributed by atoms with van der Waals surface area (Å²) in [6, 6.07) is 6.95. The number of carbonyl (C=O) groups excluding carboxylic acids is 1. The van der Waals surface area contributed by atoms with E-state index in [-0.39, 0.29) is 5.56 Å². The summed E-state index contributed by atoms with van der Waals surface area (Å²) >= 11 is 0. The normalized spacial score (nSPS) is 15.2. The molecule has 4 rings (SSSR count). The molecular formula is C21H20F2N4O. The number of piperidine rings is 1. The monoisotopic (exact) mass is 382 g/mol. The van der Waals surface area contributed by atoms with Crippen molar-refractivity contribution < 1.29 is 13.6 Å². The molecule has 2 N–H and O–H groups in total. The van der Waals surface area contributed by atoms with Gasteiger partial charge in [-0.15, -0.1) is 0 Å². The number of hydrogen-bond acceptors (Lipinski definition) is 5. The number of nitrogens with two attached hydrogens (primary N) is 1. The molecule has 0 bridgehead atoms. The first-order valence-corrected chi connectivity index (χ1v) is 9.25. The number of rotatable bonds is 4. The molecule has 0 aliphatic carbocycles. The number of nitrogens with zero attached hydrogens (tertiary/aromatic N) is 3. The zero-order chi connectivity index (χ0) is 19.7. The van der Waals surface area contributed by atoms with Gasteiger partial charge in [0.1, 0.15) is 23.8 Å². The van der Waals surface area contributed by atoms with Gasteiger partial charge in [-0.1, -0.05) is 6.07 Å². The van der Waals surface area contributed by atoms with Crippen molar-refractivity contribution in [3.63, 3.8) is 0 Å². The van der Waals surface area contributed by atoms with Crippen molar-refractivity contribution in [3.05, 3.63) is 53.9 Å². The number of carbonyl (C=O) groups is 1. The van der Waals surface area contributed by atoms with Gasteiger partial charge < -0.3 is 10.6 Å². The quantitative estimate of drug-likeness (QED) is 0.699. The van der Waals surface area contributed by atoms with Crippen LogP contribution in [0.2, 0.25) is 0 Å². The van der Waals surface area contributed by atoms with E-state index in [1.807, 2.05) is 0 Å². The van der Waals surface area contributed by atoms with Crippen LogP contribution in [0.5, 0.6) is 0 Å². The number of aldehydes is 1. The van der Waals surface area contributed by atoms with Gasteiger partial charge in [0.2, 0.25) is 0 Å². The van der Waals surface area contributed by atoms with Crippen LogP contribution in [0.3, 0.4) is 0 Å². The summed E-state index contributed by atoms with van der Waals surface area (Å²) in [5.74, 6) is 0.0699. The number of aromatic nitrogens is 2. The molecule has 1 aromatic heterocycles. The Bertz CT molecular complexity index is 1030. The maximum atomic E-state index is 14.5. The van der Waals surface area contributed by atoms with Crippen molar-refractivity contribution in [2.75, 3.05) is 24.5 Å². The Labute approximate surface area is 161 Å². The van der Waals surface area contributed by atoms with E-state index in [0.717, 1.165) is 25.9 Å². The standard InChI is InChI=1S/C21H20F2N4O/c22-16-8-17(14-1-2-15(11-28)19(23)7-14)20-18(9-16)21(26-12-25-20)27-5-3-13(10-24)4-6-27/h1-2,7-9,11-13H,3-6,10,24H2. The Kier molecular flexibility index (Phi) is 5.00. The van der Waals surface area contributed by atoms with E-state index >= 15 is 0 Å². The SMILES string of the molecule is NCC1CCN(c2ncnc3c(-c4ccc(C=O)c(F)c4)cc(F)cc23)CC1. The van der Waals surface area contributed by atoms with Gasteiger partial charge in [0.25, 0.3) is 0 Å². The predicted molar refractivity (Wildman–Crippen MR) is 104 cm³/mol. The molecule has 0 amide bonds. The first-order chi connectivity index (χ1) is 13.6. The molecule has 1 aliphatic rings. The highest BCUT2D eigenvalue weighted by Crippen LogP contribution is 2.34. The van der Waals surface area contributed by atoms with Crippen LogP contribution in [0.15, 0.2) is 36.7 Å². The van der Waals surface area contributed by atoms with Gasteiger partial charge in [0.05, 0.1) is 11.1 Å². The summed E-state index contributed by atoms with van der Waals surface area (Å²) in [5, 5.41) is 0.587.